The molecule has 0 atom stereocenters. The highest BCUT2D eigenvalue weighted by molar-refractivity contribution is 5.92. The van der Waals surface area contributed by atoms with Crippen LogP contribution in [0.2, 0.25) is 0 Å². The molecule has 0 unspecified atom stereocenters. The van der Waals surface area contributed by atoms with Gasteiger partial charge in [0.1, 0.15) is 17.0 Å². The molecule has 1 amide bonds. The molecule has 1 saturated heterocycles. The first-order chi connectivity index (χ1) is 13.1. The fourth-order valence-corrected chi connectivity index (χ4v) is 4.03. The van der Waals surface area contributed by atoms with Crippen molar-refractivity contribution in [3.05, 3.63) is 54.1 Å². The third kappa shape index (κ3) is 3.67. The lowest BCUT2D eigenvalue weighted by Gasteiger charge is -2.43. The van der Waals surface area contributed by atoms with Crippen LogP contribution in [0.1, 0.15) is 42.7 Å². The lowest BCUT2D eigenvalue weighted by atomic mass is 9.89. The molecule has 0 N–H and O–H groups in total. The predicted octanol–water partition coefficient (Wildman–Crippen LogP) is 2.75. The van der Waals surface area contributed by atoms with Crippen LogP contribution in [0.5, 0.6) is 5.75 Å². The molecule has 0 bridgehead atoms. The zero-order valence-electron chi connectivity index (χ0n) is 16.0. The van der Waals surface area contributed by atoms with E-state index >= 15 is 0 Å². The topological polar surface area (TPSA) is 58.6 Å². The summed E-state index contributed by atoms with van der Waals surface area (Å²) in [5, 5.41) is 0. The largest absolute Gasteiger partial charge is 0.485 e. The number of likely N-dealkylation sites (tertiary alicyclic amines) is 1. The van der Waals surface area contributed by atoms with E-state index < -0.39 is 0 Å². The number of piperidine rings is 1. The smallest absolute Gasteiger partial charge is 0.274 e. The molecule has 6 nitrogen and oxygen atoms in total. The van der Waals surface area contributed by atoms with Crippen molar-refractivity contribution in [1.29, 1.82) is 0 Å². The minimum Gasteiger partial charge on any atom is -0.485 e. The Hall–Kier alpha value is -2.47. The minimum absolute atomic E-state index is 0.0888. The number of carbonyl (C=O) groups is 1. The number of para-hydroxylation sites is 1. The van der Waals surface area contributed by atoms with Gasteiger partial charge in [0.2, 0.25) is 0 Å². The Morgan fingerprint density at radius 3 is 2.67 bits per heavy atom. The molecular formula is C21H26N4O2. The van der Waals surface area contributed by atoms with Crippen molar-refractivity contribution < 1.29 is 9.53 Å². The lowest BCUT2D eigenvalue weighted by molar-refractivity contribution is -0.0214. The normalized spacial score (nSPS) is 19.4. The average Bonchev–Trinajstić information content (AvgIpc) is 2.85. The highest BCUT2D eigenvalue weighted by Crippen LogP contribution is 2.36. The number of ether oxygens (including phenoxy) is 1. The number of hydrogen-bond donors (Lipinski definition) is 0. The van der Waals surface area contributed by atoms with Crippen LogP contribution in [-0.2, 0) is 6.54 Å². The molecular weight excluding hydrogens is 340 g/mol. The Labute approximate surface area is 160 Å². The third-order valence-electron chi connectivity index (χ3n) is 5.65. The van der Waals surface area contributed by atoms with Crippen molar-refractivity contribution >= 4 is 5.91 Å². The van der Waals surface area contributed by atoms with E-state index in [1.54, 1.807) is 12.4 Å². The summed E-state index contributed by atoms with van der Waals surface area (Å²) in [7, 11) is 0. The quantitative estimate of drug-likeness (QED) is 0.818. The molecule has 1 aromatic heterocycles. The van der Waals surface area contributed by atoms with Crippen LogP contribution >= 0.6 is 0 Å². The summed E-state index contributed by atoms with van der Waals surface area (Å²) < 4.78 is 6.57. The SMILES string of the molecule is CC(C)N1CCC2(CC1)CN(C(=O)c1cnccn1)Cc1ccccc1O2. The van der Waals surface area contributed by atoms with Crippen molar-refractivity contribution in [3.8, 4) is 5.75 Å². The molecule has 3 heterocycles. The van der Waals surface area contributed by atoms with Gasteiger partial charge >= 0.3 is 0 Å². The highest BCUT2D eigenvalue weighted by Gasteiger charge is 2.42. The van der Waals surface area contributed by atoms with Gasteiger partial charge in [0.05, 0.1) is 12.7 Å². The second kappa shape index (κ2) is 7.27. The molecule has 0 saturated carbocycles. The molecule has 2 aromatic rings. The summed E-state index contributed by atoms with van der Waals surface area (Å²) in [6.45, 7) is 7.51. The van der Waals surface area contributed by atoms with Crippen molar-refractivity contribution in [2.75, 3.05) is 19.6 Å². The van der Waals surface area contributed by atoms with Crippen LogP contribution in [-0.4, -0.2) is 57.0 Å². The summed E-state index contributed by atoms with van der Waals surface area (Å²) in [6, 6.07) is 8.57. The monoisotopic (exact) mass is 366 g/mol. The van der Waals surface area contributed by atoms with Gasteiger partial charge < -0.3 is 14.5 Å². The van der Waals surface area contributed by atoms with E-state index in [1.807, 2.05) is 29.2 Å². The van der Waals surface area contributed by atoms with E-state index in [1.165, 1.54) is 6.20 Å². The summed E-state index contributed by atoms with van der Waals surface area (Å²) in [5.41, 5.74) is 1.07. The zero-order chi connectivity index (χ0) is 18.9. The van der Waals surface area contributed by atoms with Gasteiger partial charge in [-0.1, -0.05) is 18.2 Å². The minimum atomic E-state index is -0.351. The van der Waals surface area contributed by atoms with Crippen molar-refractivity contribution in [2.45, 2.75) is 44.9 Å². The fourth-order valence-electron chi connectivity index (χ4n) is 4.03. The van der Waals surface area contributed by atoms with Gasteiger partial charge in [-0.25, -0.2) is 4.98 Å². The molecule has 0 aliphatic carbocycles. The van der Waals surface area contributed by atoms with Crippen LogP contribution < -0.4 is 4.74 Å². The van der Waals surface area contributed by atoms with Gasteiger partial charge in [-0.3, -0.25) is 9.78 Å². The van der Waals surface area contributed by atoms with E-state index in [0.29, 0.717) is 24.8 Å². The molecule has 2 aliphatic heterocycles. The van der Waals surface area contributed by atoms with Gasteiger partial charge in [0.15, 0.2) is 0 Å². The van der Waals surface area contributed by atoms with E-state index in [2.05, 4.69) is 28.7 Å². The zero-order valence-corrected chi connectivity index (χ0v) is 16.0. The van der Waals surface area contributed by atoms with E-state index in [-0.39, 0.29) is 11.5 Å². The van der Waals surface area contributed by atoms with Crippen LogP contribution in [0.3, 0.4) is 0 Å². The van der Waals surface area contributed by atoms with Crippen LogP contribution in [0.25, 0.3) is 0 Å². The molecule has 1 spiro atoms. The Balaban J connectivity index is 1.64. The van der Waals surface area contributed by atoms with Crippen molar-refractivity contribution in [3.63, 3.8) is 0 Å². The van der Waals surface area contributed by atoms with Crippen LogP contribution in [0, 0.1) is 0 Å². The Kier molecular flexibility index (Phi) is 4.83. The third-order valence-corrected chi connectivity index (χ3v) is 5.65. The van der Waals surface area contributed by atoms with E-state index in [9.17, 15) is 4.79 Å². The maximum Gasteiger partial charge on any atom is 0.274 e. The number of rotatable bonds is 2. The molecule has 142 valence electrons. The molecule has 2 aliphatic rings. The summed E-state index contributed by atoms with van der Waals surface area (Å²) in [6.07, 6.45) is 6.49. The Bertz CT molecular complexity index is 801. The second-order valence-corrected chi connectivity index (χ2v) is 7.77. The Morgan fingerprint density at radius 2 is 1.96 bits per heavy atom. The van der Waals surface area contributed by atoms with E-state index in [0.717, 1.165) is 37.2 Å². The Morgan fingerprint density at radius 1 is 1.19 bits per heavy atom. The first kappa shape index (κ1) is 17.9. The number of aromatic nitrogens is 2. The first-order valence-electron chi connectivity index (χ1n) is 9.63. The molecule has 0 radical (unpaired) electrons. The maximum atomic E-state index is 13.1. The highest BCUT2D eigenvalue weighted by atomic mass is 16.5. The number of nitrogens with zero attached hydrogens (tertiary/aromatic N) is 4. The average molecular weight is 366 g/mol. The molecule has 27 heavy (non-hydrogen) atoms. The number of hydrogen-bond acceptors (Lipinski definition) is 5. The van der Waals surface area contributed by atoms with Crippen molar-refractivity contribution in [2.24, 2.45) is 0 Å². The molecule has 1 fully saturated rings. The van der Waals surface area contributed by atoms with Crippen LogP contribution in [0.15, 0.2) is 42.9 Å². The molecule has 4 rings (SSSR count). The fraction of sp³-hybridized carbons (Fsp3) is 0.476. The van der Waals surface area contributed by atoms with Gasteiger partial charge in [0.25, 0.3) is 5.91 Å². The summed E-state index contributed by atoms with van der Waals surface area (Å²) >= 11 is 0. The molecule has 6 heteroatoms. The standard InChI is InChI=1S/C21H26N4O2/c1-16(2)24-11-7-21(8-12-24)15-25(20(26)18-13-22-9-10-23-18)14-17-5-3-4-6-19(17)27-21/h3-6,9-10,13,16H,7-8,11-12,14-15H2,1-2H3. The number of benzene rings is 1. The van der Waals surface area contributed by atoms with E-state index in [4.69, 9.17) is 4.74 Å². The predicted molar refractivity (Wildman–Crippen MR) is 103 cm³/mol. The summed E-state index contributed by atoms with van der Waals surface area (Å²) in [5.74, 6) is 0.805. The van der Waals surface area contributed by atoms with Crippen molar-refractivity contribution in [1.82, 2.24) is 19.8 Å². The van der Waals surface area contributed by atoms with Gasteiger partial charge in [-0.05, 0) is 19.9 Å². The lowest BCUT2D eigenvalue weighted by Crippen LogP contribution is -2.55. The van der Waals surface area contributed by atoms with Crippen LogP contribution in [0.4, 0.5) is 0 Å². The van der Waals surface area contributed by atoms with Gasteiger partial charge in [0, 0.05) is 56.5 Å². The summed E-state index contributed by atoms with van der Waals surface area (Å²) in [4.78, 5) is 25.7. The van der Waals surface area contributed by atoms with Gasteiger partial charge in [-0.2, -0.15) is 0 Å². The van der Waals surface area contributed by atoms with Gasteiger partial charge in [-0.15, -0.1) is 0 Å². The number of carbonyl (C=O) groups excluding carboxylic acids is 1. The number of fused-ring (bicyclic) bond motifs is 1. The first-order valence-corrected chi connectivity index (χ1v) is 9.63. The second-order valence-electron chi connectivity index (χ2n) is 7.77. The maximum absolute atomic E-state index is 13.1. The molecule has 1 aromatic carbocycles. The number of amides is 1.